The number of H-pyrrole nitrogens is 1. The van der Waals surface area contributed by atoms with Crippen LogP contribution in [0.5, 0.6) is 5.75 Å². The van der Waals surface area contributed by atoms with Gasteiger partial charge in [0.05, 0.1) is 18.5 Å². The van der Waals surface area contributed by atoms with E-state index in [9.17, 15) is 0 Å². The Bertz CT molecular complexity index is 820. The topological polar surface area (TPSA) is 67.8 Å². The normalized spacial score (nSPS) is 12.3. The van der Waals surface area contributed by atoms with E-state index >= 15 is 0 Å². The van der Waals surface area contributed by atoms with Crippen LogP contribution in [0.15, 0.2) is 36.5 Å². The van der Waals surface area contributed by atoms with Crippen molar-refractivity contribution in [3.8, 4) is 17.0 Å². The molecule has 2 aromatic heterocycles. The van der Waals surface area contributed by atoms with Crippen molar-refractivity contribution in [3.63, 3.8) is 0 Å². The molecule has 1 atom stereocenters. The second-order valence-corrected chi connectivity index (χ2v) is 5.96. The van der Waals surface area contributed by atoms with Crippen LogP contribution in [0.1, 0.15) is 29.9 Å². The second-order valence-electron chi connectivity index (χ2n) is 5.96. The Kier molecular flexibility index (Phi) is 4.66. The van der Waals surface area contributed by atoms with E-state index in [1.165, 1.54) is 5.56 Å². The van der Waals surface area contributed by atoms with Gasteiger partial charge in [0.25, 0.3) is 0 Å². The summed E-state index contributed by atoms with van der Waals surface area (Å²) in [5.41, 5.74) is 5.26. The molecule has 3 aromatic rings. The number of aromatic amines is 1. The van der Waals surface area contributed by atoms with Gasteiger partial charge in [-0.2, -0.15) is 10.2 Å². The van der Waals surface area contributed by atoms with Gasteiger partial charge in [0.1, 0.15) is 5.75 Å². The SMILES string of the molecule is COc1cccc(-c2cc(CNC(C)c3cn(C)nc3C)[nH]n2)c1. The Balaban J connectivity index is 1.66. The van der Waals surface area contributed by atoms with Crippen molar-refractivity contribution in [1.82, 2.24) is 25.3 Å². The number of ether oxygens (including phenoxy) is 1. The zero-order valence-corrected chi connectivity index (χ0v) is 14.5. The molecule has 0 saturated heterocycles. The van der Waals surface area contributed by atoms with Crippen molar-refractivity contribution in [2.24, 2.45) is 7.05 Å². The van der Waals surface area contributed by atoms with Gasteiger partial charge in [0.15, 0.2) is 0 Å². The van der Waals surface area contributed by atoms with Crippen LogP contribution in [-0.4, -0.2) is 27.1 Å². The maximum Gasteiger partial charge on any atom is 0.119 e. The second kappa shape index (κ2) is 6.88. The Morgan fingerprint density at radius 3 is 2.88 bits per heavy atom. The van der Waals surface area contributed by atoms with Gasteiger partial charge in [0, 0.05) is 42.7 Å². The van der Waals surface area contributed by atoms with E-state index in [0.29, 0.717) is 6.54 Å². The van der Waals surface area contributed by atoms with Gasteiger partial charge < -0.3 is 10.1 Å². The third-order valence-corrected chi connectivity index (χ3v) is 4.11. The summed E-state index contributed by atoms with van der Waals surface area (Å²) in [5, 5.41) is 15.4. The van der Waals surface area contributed by atoms with Crippen LogP contribution in [0.3, 0.4) is 0 Å². The minimum absolute atomic E-state index is 0.224. The predicted octanol–water partition coefficient (Wildman–Crippen LogP) is 2.98. The summed E-state index contributed by atoms with van der Waals surface area (Å²) in [6.07, 6.45) is 2.06. The van der Waals surface area contributed by atoms with Gasteiger partial charge in [-0.15, -0.1) is 0 Å². The van der Waals surface area contributed by atoms with Gasteiger partial charge in [-0.25, -0.2) is 0 Å². The first-order valence-corrected chi connectivity index (χ1v) is 7.99. The molecule has 3 rings (SSSR count). The molecule has 0 spiro atoms. The van der Waals surface area contributed by atoms with Crippen molar-refractivity contribution in [2.45, 2.75) is 26.4 Å². The Morgan fingerprint density at radius 2 is 2.17 bits per heavy atom. The minimum atomic E-state index is 0.224. The fourth-order valence-corrected chi connectivity index (χ4v) is 2.80. The van der Waals surface area contributed by atoms with Crippen LogP contribution < -0.4 is 10.1 Å². The van der Waals surface area contributed by atoms with E-state index in [4.69, 9.17) is 4.74 Å². The average molecular weight is 325 g/mol. The fourth-order valence-electron chi connectivity index (χ4n) is 2.80. The average Bonchev–Trinajstić information content (AvgIpc) is 3.19. The van der Waals surface area contributed by atoms with Crippen LogP contribution in [0.2, 0.25) is 0 Å². The lowest BCUT2D eigenvalue weighted by Gasteiger charge is -2.11. The monoisotopic (exact) mass is 325 g/mol. The number of rotatable bonds is 6. The molecule has 0 aliphatic heterocycles. The van der Waals surface area contributed by atoms with Crippen LogP contribution in [0, 0.1) is 6.92 Å². The molecule has 0 fully saturated rings. The molecule has 0 aliphatic rings. The number of nitrogens with one attached hydrogen (secondary N) is 2. The van der Waals surface area contributed by atoms with Crippen molar-refractivity contribution in [2.75, 3.05) is 7.11 Å². The molecule has 24 heavy (non-hydrogen) atoms. The van der Waals surface area contributed by atoms with E-state index < -0.39 is 0 Å². The third kappa shape index (κ3) is 3.49. The Labute approximate surface area is 141 Å². The molecule has 0 aliphatic carbocycles. The summed E-state index contributed by atoms with van der Waals surface area (Å²) >= 11 is 0. The van der Waals surface area contributed by atoms with Crippen molar-refractivity contribution >= 4 is 0 Å². The third-order valence-electron chi connectivity index (χ3n) is 4.11. The Hall–Kier alpha value is -2.60. The van der Waals surface area contributed by atoms with Gasteiger partial charge in [-0.3, -0.25) is 9.78 Å². The summed E-state index contributed by atoms with van der Waals surface area (Å²) in [6, 6.07) is 10.2. The fraction of sp³-hybridized carbons (Fsp3) is 0.333. The van der Waals surface area contributed by atoms with Crippen LogP contribution in [0.4, 0.5) is 0 Å². The molecule has 0 amide bonds. The van der Waals surface area contributed by atoms with Crippen LogP contribution in [-0.2, 0) is 13.6 Å². The minimum Gasteiger partial charge on any atom is -0.497 e. The first kappa shape index (κ1) is 16.3. The highest BCUT2D eigenvalue weighted by atomic mass is 16.5. The predicted molar refractivity (Wildman–Crippen MR) is 93.8 cm³/mol. The number of nitrogens with zero attached hydrogens (tertiary/aromatic N) is 3. The number of aryl methyl sites for hydroxylation is 2. The first-order chi connectivity index (χ1) is 11.6. The number of methoxy groups -OCH3 is 1. The number of hydrogen-bond donors (Lipinski definition) is 2. The molecule has 126 valence electrons. The van der Waals surface area contributed by atoms with Gasteiger partial charge >= 0.3 is 0 Å². The summed E-state index contributed by atoms with van der Waals surface area (Å²) in [4.78, 5) is 0. The molecule has 1 unspecified atom stereocenters. The summed E-state index contributed by atoms with van der Waals surface area (Å²) < 4.78 is 7.11. The highest BCUT2D eigenvalue weighted by molar-refractivity contribution is 5.61. The molecular weight excluding hydrogens is 302 g/mol. The Morgan fingerprint density at radius 1 is 1.33 bits per heavy atom. The van der Waals surface area contributed by atoms with E-state index in [-0.39, 0.29) is 6.04 Å². The maximum atomic E-state index is 5.27. The first-order valence-electron chi connectivity index (χ1n) is 7.99. The molecule has 1 aromatic carbocycles. The van der Waals surface area contributed by atoms with Gasteiger partial charge in [-0.05, 0) is 32.0 Å². The lowest BCUT2D eigenvalue weighted by Crippen LogP contribution is -2.18. The van der Waals surface area contributed by atoms with Crippen molar-refractivity contribution in [1.29, 1.82) is 0 Å². The standard InChI is InChI=1S/C18H23N5O/c1-12(17-11-23(3)22-13(17)2)19-10-15-9-18(21-20-15)14-6-5-7-16(8-14)24-4/h5-9,11-12,19H,10H2,1-4H3,(H,20,21). The molecular formula is C18H23N5O. The van der Waals surface area contributed by atoms with Gasteiger partial charge in [-0.1, -0.05) is 12.1 Å². The lowest BCUT2D eigenvalue weighted by molar-refractivity contribution is 0.415. The van der Waals surface area contributed by atoms with E-state index in [0.717, 1.165) is 28.4 Å². The number of hydrogen-bond acceptors (Lipinski definition) is 4. The zero-order chi connectivity index (χ0) is 17.1. The molecule has 2 heterocycles. The smallest absolute Gasteiger partial charge is 0.119 e. The van der Waals surface area contributed by atoms with E-state index in [1.54, 1.807) is 7.11 Å². The molecule has 0 bridgehead atoms. The van der Waals surface area contributed by atoms with Crippen molar-refractivity contribution < 1.29 is 4.74 Å². The summed E-state index contributed by atoms with van der Waals surface area (Å²) in [5.74, 6) is 0.829. The van der Waals surface area contributed by atoms with E-state index in [1.807, 2.05) is 42.9 Å². The van der Waals surface area contributed by atoms with E-state index in [2.05, 4.69) is 39.8 Å². The van der Waals surface area contributed by atoms with Crippen LogP contribution in [0.25, 0.3) is 11.3 Å². The number of benzene rings is 1. The molecule has 2 N–H and O–H groups in total. The quantitative estimate of drug-likeness (QED) is 0.731. The molecule has 0 saturated carbocycles. The van der Waals surface area contributed by atoms with Gasteiger partial charge in [0.2, 0.25) is 0 Å². The molecule has 6 nitrogen and oxygen atoms in total. The highest BCUT2D eigenvalue weighted by Gasteiger charge is 2.12. The molecule has 6 heteroatoms. The molecule has 0 radical (unpaired) electrons. The maximum absolute atomic E-state index is 5.27. The van der Waals surface area contributed by atoms with Crippen LogP contribution >= 0.6 is 0 Å². The highest BCUT2D eigenvalue weighted by Crippen LogP contribution is 2.23. The lowest BCUT2D eigenvalue weighted by atomic mass is 10.1. The van der Waals surface area contributed by atoms with Crippen molar-refractivity contribution in [3.05, 3.63) is 53.5 Å². The largest absolute Gasteiger partial charge is 0.497 e. The zero-order valence-electron chi connectivity index (χ0n) is 14.5. The number of aromatic nitrogens is 4. The summed E-state index contributed by atoms with van der Waals surface area (Å²) in [7, 11) is 3.61. The summed E-state index contributed by atoms with van der Waals surface area (Å²) in [6.45, 7) is 4.89.